The quantitative estimate of drug-likeness (QED) is 0.830. The summed E-state index contributed by atoms with van der Waals surface area (Å²) < 4.78 is 19.5. The molecule has 0 unspecified atom stereocenters. The molecular weight excluding hydrogens is 297 g/mol. The van der Waals surface area contributed by atoms with E-state index in [0.29, 0.717) is 0 Å². The molecule has 0 bridgehead atoms. The Hall–Kier alpha value is -2.89. The second-order valence-electron chi connectivity index (χ2n) is 4.99. The molecule has 1 heterocycles. The summed E-state index contributed by atoms with van der Waals surface area (Å²) in [5.74, 6) is -1.05. The first-order valence-electron chi connectivity index (χ1n) is 7.01. The highest BCUT2D eigenvalue weighted by Crippen LogP contribution is 2.25. The van der Waals surface area contributed by atoms with E-state index in [0.717, 1.165) is 11.3 Å². The van der Waals surface area contributed by atoms with Crippen LogP contribution in [0.5, 0.6) is 5.75 Å². The van der Waals surface area contributed by atoms with Gasteiger partial charge in [-0.1, -0.05) is 18.7 Å². The number of aromatic nitrogens is 1. The van der Waals surface area contributed by atoms with Crippen LogP contribution >= 0.6 is 0 Å². The Balaban J connectivity index is 2.27. The summed E-state index contributed by atoms with van der Waals surface area (Å²) in [6.45, 7) is 7.29. The summed E-state index contributed by atoms with van der Waals surface area (Å²) in [6.07, 6.45) is 1.51. The fourth-order valence-electron chi connectivity index (χ4n) is 1.96. The zero-order valence-corrected chi connectivity index (χ0v) is 13.0. The molecule has 0 saturated carbocycles. The lowest BCUT2D eigenvalue weighted by molar-refractivity contribution is 0.102. The number of nitrogen functional groups attached to an aromatic ring is 1. The third kappa shape index (κ3) is 3.66. The number of aryl methyl sites for hydroxylation is 2. The number of carbonyl (C=O) groups excluding carboxylic acids is 1. The molecule has 0 radical (unpaired) electrons. The molecule has 1 aromatic heterocycles. The van der Waals surface area contributed by atoms with E-state index in [1.54, 1.807) is 19.1 Å². The third-order valence-electron chi connectivity index (χ3n) is 3.31. The molecule has 5 nitrogen and oxygen atoms in total. The van der Waals surface area contributed by atoms with Crippen molar-refractivity contribution in [1.82, 2.24) is 4.98 Å². The van der Waals surface area contributed by atoms with Gasteiger partial charge in [-0.05, 0) is 37.6 Å². The van der Waals surface area contributed by atoms with Gasteiger partial charge >= 0.3 is 0 Å². The lowest BCUT2D eigenvalue weighted by atomic mass is 10.1. The van der Waals surface area contributed by atoms with Crippen LogP contribution in [0.25, 0.3) is 0 Å². The molecule has 0 atom stereocenters. The van der Waals surface area contributed by atoms with Crippen molar-refractivity contribution in [3.05, 3.63) is 59.6 Å². The Labute approximate surface area is 134 Å². The Morgan fingerprint density at radius 2 is 2.22 bits per heavy atom. The Kier molecular flexibility index (Phi) is 4.95. The van der Waals surface area contributed by atoms with Crippen molar-refractivity contribution in [3.8, 4) is 5.75 Å². The first-order chi connectivity index (χ1) is 10.9. The first-order valence-corrected chi connectivity index (χ1v) is 7.01. The standard InChI is InChI=1S/C17H18FN3O2/c1-4-8-23-14-7-5-6-13(15(14)18)21-17(22)12-9-10(2)11(3)20-16(12)19/h4-7,9H,1,8H2,2-3H3,(H2,19,20)(H,21,22). The molecule has 1 aromatic carbocycles. The smallest absolute Gasteiger partial charge is 0.259 e. The number of carbonyl (C=O) groups is 1. The number of amides is 1. The van der Waals surface area contributed by atoms with Crippen molar-refractivity contribution >= 4 is 17.4 Å². The molecule has 6 heteroatoms. The van der Waals surface area contributed by atoms with E-state index in [2.05, 4.69) is 16.9 Å². The minimum absolute atomic E-state index is 0.00851. The number of halogens is 1. The highest BCUT2D eigenvalue weighted by Gasteiger charge is 2.16. The maximum Gasteiger partial charge on any atom is 0.259 e. The van der Waals surface area contributed by atoms with Crippen LogP contribution in [0.4, 0.5) is 15.9 Å². The van der Waals surface area contributed by atoms with Crippen LogP contribution in [0.15, 0.2) is 36.9 Å². The van der Waals surface area contributed by atoms with E-state index in [4.69, 9.17) is 10.5 Å². The normalized spacial score (nSPS) is 10.2. The minimum atomic E-state index is -0.655. The average molecular weight is 315 g/mol. The number of ether oxygens (including phenoxy) is 1. The summed E-state index contributed by atoms with van der Waals surface area (Å²) in [4.78, 5) is 16.4. The molecule has 2 aromatic rings. The lowest BCUT2D eigenvalue weighted by Gasteiger charge is -2.12. The molecule has 2 rings (SSSR count). The molecule has 3 N–H and O–H groups in total. The summed E-state index contributed by atoms with van der Waals surface area (Å²) in [5.41, 5.74) is 7.55. The summed E-state index contributed by atoms with van der Waals surface area (Å²) in [5, 5.41) is 2.49. The van der Waals surface area contributed by atoms with Crippen LogP contribution in [-0.2, 0) is 0 Å². The Morgan fingerprint density at radius 1 is 1.48 bits per heavy atom. The predicted octanol–water partition coefficient (Wildman–Crippen LogP) is 3.24. The number of hydrogen-bond donors (Lipinski definition) is 2. The third-order valence-corrected chi connectivity index (χ3v) is 3.31. The molecule has 1 amide bonds. The monoisotopic (exact) mass is 315 g/mol. The van der Waals surface area contributed by atoms with Crippen molar-refractivity contribution in [2.75, 3.05) is 17.7 Å². The number of rotatable bonds is 5. The summed E-state index contributed by atoms with van der Waals surface area (Å²) in [7, 11) is 0. The summed E-state index contributed by atoms with van der Waals surface area (Å²) >= 11 is 0. The number of nitrogens with zero attached hydrogens (tertiary/aromatic N) is 1. The van der Waals surface area contributed by atoms with Gasteiger partial charge in [0.15, 0.2) is 11.6 Å². The van der Waals surface area contributed by atoms with Crippen molar-refractivity contribution < 1.29 is 13.9 Å². The zero-order valence-electron chi connectivity index (χ0n) is 13.0. The van der Waals surface area contributed by atoms with Crippen molar-refractivity contribution in [1.29, 1.82) is 0 Å². The molecule has 0 spiro atoms. The van der Waals surface area contributed by atoms with E-state index in [1.807, 2.05) is 6.92 Å². The van der Waals surface area contributed by atoms with Crippen LogP contribution in [0.1, 0.15) is 21.6 Å². The average Bonchev–Trinajstić information content (AvgIpc) is 2.51. The number of anilines is 2. The van der Waals surface area contributed by atoms with Crippen molar-refractivity contribution in [2.45, 2.75) is 13.8 Å². The first kappa shape index (κ1) is 16.5. The fraction of sp³-hybridized carbons (Fsp3) is 0.176. The van der Waals surface area contributed by atoms with Gasteiger partial charge in [-0.2, -0.15) is 0 Å². The maximum atomic E-state index is 14.3. The molecular formula is C17H18FN3O2. The van der Waals surface area contributed by atoms with Crippen LogP contribution in [0, 0.1) is 19.7 Å². The predicted molar refractivity (Wildman–Crippen MR) is 88.2 cm³/mol. The van der Waals surface area contributed by atoms with Crippen molar-refractivity contribution in [3.63, 3.8) is 0 Å². The van der Waals surface area contributed by atoms with Crippen LogP contribution in [-0.4, -0.2) is 17.5 Å². The highest BCUT2D eigenvalue weighted by molar-refractivity contribution is 6.07. The van der Waals surface area contributed by atoms with Crippen molar-refractivity contribution in [2.24, 2.45) is 0 Å². The van der Waals surface area contributed by atoms with E-state index in [-0.39, 0.29) is 29.4 Å². The van der Waals surface area contributed by atoms with Gasteiger partial charge in [0.2, 0.25) is 0 Å². The second kappa shape index (κ2) is 6.91. The molecule has 120 valence electrons. The van der Waals surface area contributed by atoms with Gasteiger partial charge in [0.05, 0.1) is 11.3 Å². The van der Waals surface area contributed by atoms with Gasteiger partial charge in [0, 0.05) is 5.69 Å². The highest BCUT2D eigenvalue weighted by atomic mass is 19.1. The molecule has 0 aliphatic heterocycles. The number of pyridine rings is 1. The van der Waals surface area contributed by atoms with Gasteiger partial charge in [0.1, 0.15) is 12.4 Å². The SMILES string of the molecule is C=CCOc1cccc(NC(=O)c2cc(C)c(C)nc2N)c1F. The number of nitrogens with one attached hydrogen (secondary N) is 1. The number of hydrogen-bond acceptors (Lipinski definition) is 4. The molecule has 0 aliphatic rings. The van der Waals surface area contributed by atoms with E-state index < -0.39 is 11.7 Å². The van der Waals surface area contributed by atoms with E-state index >= 15 is 0 Å². The molecule has 0 saturated heterocycles. The van der Waals surface area contributed by atoms with Crippen LogP contribution < -0.4 is 15.8 Å². The minimum Gasteiger partial charge on any atom is -0.486 e. The van der Waals surface area contributed by atoms with Gasteiger partial charge in [-0.25, -0.2) is 9.37 Å². The Morgan fingerprint density at radius 3 is 2.91 bits per heavy atom. The second-order valence-corrected chi connectivity index (χ2v) is 4.99. The lowest BCUT2D eigenvalue weighted by Crippen LogP contribution is -2.17. The van der Waals surface area contributed by atoms with Gasteiger partial charge in [-0.15, -0.1) is 0 Å². The molecule has 0 fully saturated rings. The van der Waals surface area contributed by atoms with Gasteiger partial charge in [0.25, 0.3) is 5.91 Å². The van der Waals surface area contributed by atoms with Crippen LogP contribution in [0.2, 0.25) is 0 Å². The van der Waals surface area contributed by atoms with Gasteiger partial charge in [-0.3, -0.25) is 4.79 Å². The molecule has 23 heavy (non-hydrogen) atoms. The molecule has 0 aliphatic carbocycles. The van der Waals surface area contributed by atoms with E-state index in [9.17, 15) is 9.18 Å². The van der Waals surface area contributed by atoms with Crippen LogP contribution in [0.3, 0.4) is 0 Å². The topological polar surface area (TPSA) is 77.2 Å². The summed E-state index contributed by atoms with van der Waals surface area (Å²) in [6, 6.07) is 6.13. The maximum absolute atomic E-state index is 14.3. The van der Waals surface area contributed by atoms with E-state index in [1.165, 1.54) is 18.2 Å². The van der Waals surface area contributed by atoms with Gasteiger partial charge < -0.3 is 15.8 Å². The zero-order chi connectivity index (χ0) is 17.0. The largest absolute Gasteiger partial charge is 0.486 e. The Bertz CT molecular complexity index is 760. The number of nitrogens with two attached hydrogens (primary N) is 1. The number of benzene rings is 1. The fourth-order valence-corrected chi connectivity index (χ4v) is 1.96.